The van der Waals surface area contributed by atoms with E-state index in [1.165, 1.54) is 11.2 Å². The van der Waals surface area contributed by atoms with Crippen molar-refractivity contribution in [1.29, 1.82) is 0 Å². The summed E-state index contributed by atoms with van der Waals surface area (Å²) < 4.78 is 5.46. The topological polar surface area (TPSA) is 105 Å². The lowest BCUT2D eigenvalue weighted by atomic mass is 10.0. The van der Waals surface area contributed by atoms with Crippen molar-refractivity contribution in [3.63, 3.8) is 0 Å². The van der Waals surface area contributed by atoms with E-state index in [0.717, 1.165) is 5.57 Å². The van der Waals surface area contributed by atoms with E-state index in [0.29, 0.717) is 60.8 Å². The van der Waals surface area contributed by atoms with Gasteiger partial charge < -0.3 is 25.8 Å². The maximum absolute atomic E-state index is 12.5. The third kappa shape index (κ3) is 3.01. The first-order valence-electron chi connectivity index (χ1n) is 7.51. The van der Waals surface area contributed by atoms with Crippen molar-refractivity contribution >= 4 is 23.6 Å². The molecule has 0 unspecified atom stereocenters. The summed E-state index contributed by atoms with van der Waals surface area (Å²) in [5.74, 6) is 0.329. The standard InChI is InChI=1S/C15H18ClN3O4/c16-11-7-23-13-9(12(11)17)1-2-10(13)14(20)18-8-3-5-19(6-4-8)15(21)22/h7-8H,1-6,17H2,(H,18,20)(H,21,22). The van der Waals surface area contributed by atoms with Gasteiger partial charge in [0.15, 0.2) is 0 Å². The smallest absolute Gasteiger partial charge is 0.407 e. The van der Waals surface area contributed by atoms with Crippen LogP contribution in [0, 0.1) is 0 Å². The minimum Gasteiger partial charge on any atom is -0.465 e. The second kappa shape index (κ2) is 6.16. The Bertz CT molecular complexity index is 645. The van der Waals surface area contributed by atoms with E-state index in [1.54, 1.807) is 0 Å². The van der Waals surface area contributed by atoms with Crippen LogP contribution in [0.1, 0.15) is 25.7 Å². The Kier molecular flexibility index (Phi) is 4.21. The Balaban J connectivity index is 1.65. The van der Waals surface area contributed by atoms with Crippen molar-refractivity contribution in [2.24, 2.45) is 5.73 Å². The fraction of sp³-hybridized carbons (Fsp3) is 0.467. The lowest BCUT2D eigenvalue weighted by Gasteiger charge is -2.30. The van der Waals surface area contributed by atoms with Gasteiger partial charge in [0.1, 0.15) is 12.0 Å². The number of carbonyl (C=O) groups is 2. The second-order valence-corrected chi connectivity index (χ2v) is 6.21. The minimum atomic E-state index is -0.917. The number of piperidine rings is 1. The van der Waals surface area contributed by atoms with Crippen LogP contribution in [0.15, 0.2) is 33.9 Å². The van der Waals surface area contributed by atoms with Crippen molar-refractivity contribution in [2.75, 3.05) is 13.1 Å². The quantitative estimate of drug-likeness (QED) is 0.709. The predicted molar refractivity (Wildman–Crippen MR) is 83.3 cm³/mol. The van der Waals surface area contributed by atoms with E-state index in [1.807, 2.05) is 0 Å². The molecule has 3 aliphatic rings. The normalized spacial score (nSPS) is 21.8. The van der Waals surface area contributed by atoms with E-state index >= 15 is 0 Å². The Morgan fingerprint density at radius 1 is 1.35 bits per heavy atom. The van der Waals surface area contributed by atoms with Gasteiger partial charge in [-0.3, -0.25) is 4.79 Å². The molecule has 0 saturated carbocycles. The van der Waals surface area contributed by atoms with Crippen LogP contribution in [-0.4, -0.2) is 41.1 Å². The third-order valence-electron chi connectivity index (χ3n) is 4.41. The molecule has 1 aliphatic carbocycles. The van der Waals surface area contributed by atoms with Crippen LogP contribution in [0.2, 0.25) is 0 Å². The van der Waals surface area contributed by atoms with Gasteiger partial charge >= 0.3 is 6.09 Å². The molecule has 0 radical (unpaired) electrons. The number of allylic oxidation sites excluding steroid dienone is 2. The molecule has 7 nitrogen and oxygen atoms in total. The number of rotatable bonds is 2. The molecule has 124 valence electrons. The number of fused-ring (bicyclic) bond motifs is 1. The van der Waals surface area contributed by atoms with Crippen LogP contribution >= 0.6 is 11.6 Å². The van der Waals surface area contributed by atoms with Gasteiger partial charge in [-0.05, 0) is 25.7 Å². The van der Waals surface area contributed by atoms with Crippen LogP contribution in [0.4, 0.5) is 4.79 Å². The Morgan fingerprint density at radius 2 is 2.04 bits per heavy atom. The number of ether oxygens (including phenoxy) is 1. The molecule has 2 heterocycles. The van der Waals surface area contributed by atoms with E-state index in [2.05, 4.69) is 5.32 Å². The monoisotopic (exact) mass is 339 g/mol. The largest absolute Gasteiger partial charge is 0.465 e. The van der Waals surface area contributed by atoms with Gasteiger partial charge in [-0.2, -0.15) is 0 Å². The second-order valence-electron chi connectivity index (χ2n) is 5.80. The lowest BCUT2D eigenvalue weighted by Crippen LogP contribution is -2.46. The van der Waals surface area contributed by atoms with Crippen molar-refractivity contribution in [3.8, 4) is 0 Å². The number of hydrogen-bond acceptors (Lipinski definition) is 4. The summed E-state index contributed by atoms with van der Waals surface area (Å²) >= 11 is 5.93. The highest BCUT2D eigenvalue weighted by atomic mass is 35.5. The van der Waals surface area contributed by atoms with Crippen molar-refractivity contribution < 1.29 is 19.4 Å². The molecular weight excluding hydrogens is 322 g/mol. The minimum absolute atomic E-state index is 0.0284. The molecule has 1 fully saturated rings. The molecule has 2 aliphatic heterocycles. The van der Waals surface area contributed by atoms with Crippen LogP contribution in [-0.2, 0) is 9.53 Å². The summed E-state index contributed by atoms with van der Waals surface area (Å²) in [6.45, 7) is 0.859. The molecule has 4 N–H and O–H groups in total. The van der Waals surface area contributed by atoms with E-state index in [9.17, 15) is 9.59 Å². The molecule has 0 bridgehead atoms. The fourth-order valence-corrected chi connectivity index (χ4v) is 3.24. The van der Waals surface area contributed by atoms with Gasteiger partial charge in [0.2, 0.25) is 0 Å². The summed E-state index contributed by atoms with van der Waals surface area (Å²) in [5.41, 5.74) is 7.74. The number of carboxylic acid groups (broad SMARTS) is 1. The van der Waals surface area contributed by atoms with Crippen molar-refractivity contribution in [2.45, 2.75) is 31.7 Å². The van der Waals surface area contributed by atoms with Gasteiger partial charge in [-0.15, -0.1) is 0 Å². The average Bonchev–Trinajstić information content (AvgIpc) is 2.96. The number of carbonyl (C=O) groups excluding carboxylic acids is 1. The molecule has 0 aromatic carbocycles. The van der Waals surface area contributed by atoms with Gasteiger partial charge in [-0.1, -0.05) is 11.6 Å². The van der Waals surface area contributed by atoms with E-state index < -0.39 is 6.09 Å². The molecular formula is C15H18ClN3O4. The molecule has 23 heavy (non-hydrogen) atoms. The van der Waals surface area contributed by atoms with Crippen LogP contribution in [0.25, 0.3) is 0 Å². The number of nitrogens with two attached hydrogens (primary N) is 1. The summed E-state index contributed by atoms with van der Waals surface area (Å²) in [6.07, 6.45) is 2.84. The molecule has 3 rings (SSSR count). The first kappa shape index (κ1) is 15.7. The number of likely N-dealkylation sites (tertiary alicyclic amines) is 1. The molecule has 0 spiro atoms. The number of amides is 2. The molecule has 0 aromatic heterocycles. The van der Waals surface area contributed by atoms with E-state index in [-0.39, 0.29) is 11.9 Å². The SMILES string of the molecule is NC1=C2CCC(C(=O)NC3CCN(C(=O)O)CC3)=C2OC=C1Cl. The van der Waals surface area contributed by atoms with Crippen LogP contribution in [0.3, 0.4) is 0 Å². The van der Waals surface area contributed by atoms with Gasteiger partial charge in [0.25, 0.3) is 5.91 Å². The van der Waals surface area contributed by atoms with Crippen molar-refractivity contribution in [3.05, 3.63) is 33.9 Å². The Hall–Kier alpha value is -2.15. The number of halogens is 1. The summed E-state index contributed by atoms with van der Waals surface area (Å²) in [6, 6.07) is -0.0284. The predicted octanol–water partition coefficient (Wildman–Crippen LogP) is 1.62. The molecule has 0 aromatic rings. The first-order valence-corrected chi connectivity index (χ1v) is 7.88. The third-order valence-corrected chi connectivity index (χ3v) is 4.70. The highest BCUT2D eigenvalue weighted by Crippen LogP contribution is 2.39. The van der Waals surface area contributed by atoms with Crippen LogP contribution in [0.5, 0.6) is 0 Å². The molecule has 8 heteroatoms. The summed E-state index contributed by atoms with van der Waals surface area (Å²) in [4.78, 5) is 24.7. The molecule has 1 saturated heterocycles. The van der Waals surface area contributed by atoms with Gasteiger partial charge in [0.05, 0.1) is 16.3 Å². The maximum Gasteiger partial charge on any atom is 0.407 e. The number of hydrogen-bond donors (Lipinski definition) is 3. The first-order chi connectivity index (χ1) is 11.0. The summed E-state index contributed by atoms with van der Waals surface area (Å²) in [5, 5.41) is 12.3. The summed E-state index contributed by atoms with van der Waals surface area (Å²) in [7, 11) is 0. The van der Waals surface area contributed by atoms with E-state index in [4.69, 9.17) is 27.2 Å². The zero-order valence-electron chi connectivity index (χ0n) is 12.5. The van der Waals surface area contributed by atoms with Gasteiger partial charge in [0, 0.05) is 24.7 Å². The highest BCUT2D eigenvalue weighted by molar-refractivity contribution is 6.32. The Labute approximate surface area is 138 Å². The highest BCUT2D eigenvalue weighted by Gasteiger charge is 2.32. The number of nitrogens with one attached hydrogen (secondary N) is 1. The maximum atomic E-state index is 12.5. The van der Waals surface area contributed by atoms with Crippen molar-refractivity contribution in [1.82, 2.24) is 10.2 Å². The van der Waals surface area contributed by atoms with Crippen LogP contribution < -0.4 is 11.1 Å². The number of nitrogens with zero attached hydrogens (tertiary/aromatic N) is 1. The molecule has 2 amide bonds. The lowest BCUT2D eigenvalue weighted by molar-refractivity contribution is -0.118. The fourth-order valence-electron chi connectivity index (χ4n) is 3.08. The van der Waals surface area contributed by atoms with Gasteiger partial charge in [-0.25, -0.2) is 4.79 Å². The zero-order chi connectivity index (χ0) is 16.6. The average molecular weight is 340 g/mol. The zero-order valence-corrected chi connectivity index (χ0v) is 13.2. The molecule has 0 atom stereocenters. The Morgan fingerprint density at radius 3 is 2.70 bits per heavy atom.